The van der Waals surface area contributed by atoms with E-state index < -0.39 is 0 Å². The summed E-state index contributed by atoms with van der Waals surface area (Å²) in [6.07, 6.45) is 3.96. The van der Waals surface area contributed by atoms with Crippen molar-refractivity contribution in [3.05, 3.63) is 0 Å². The second kappa shape index (κ2) is 6.65. The lowest BCUT2D eigenvalue weighted by Crippen LogP contribution is -2.36. The largest absolute Gasteiger partial charge is 0.379 e. The average Bonchev–Trinajstić information content (AvgIpc) is 2.55. The number of nitrogens with zero attached hydrogens (tertiary/aromatic N) is 1. The molecule has 0 N–H and O–H groups in total. The van der Waals surface area contributed by atoms with Crippen LogP contribution < -0.4 is 0 Å². The molecule has 3 heteroatoms. The van der Waals surface area contributed by atoms with Crippen LogP contribution in [0, 0.1) is 0 Å². The van der Waals surface area contributed by atoms with Crippen molar-refractivity contribution >= 4 is 11.6 Å². The van der Waals surface area contributed by atoms with Crippen molar-refractivity contribution in [2.45, 2.75) is 45.2 Å². The zero-order chi connectivity index (χ0) is 10.4. The standard InChI is InChI=1S/C11H22ClNO/c1-3-11-5-4-10(2)13(11)7-9-14-8-6-12/h10-11H,3-9H2,1-2H3. The van der Waals surface area contributed by atoms with E-state index in [1.807, 2.05) is 0 Å². The minimum atomic E-state index is 0.604. The molecule has 1 fully saturated rings. The van der Waals surface area contributed by atoms with Gasteiger partial charge in [0.05, 0.1) is 13.2 Å². The van der Waals surface area contributed by atoms with Crippen molar-refractivity contribution in [2.75, 3.05) is 25.6 Å². The normalized spacial score (nSPS) is 28.5. The molecule has 0 spiro atoms. The third kappa shape index (κ3) is 3.41. The van der Waals surface area contributed by atoms with Crippen LogP contribution in [0.3, 0.4) is 0 Å². The van der Waals surface area contributed by atoms with Gasteiger partial charge in [0.25, 0.3) is 0 Å². The van der Waals surface area contributed by atoms with Crippen molar-refractivity contribution in [1.82, 2.24) is 4.90 Å². The fourth-order valence-corrected chi connectivity index (χ4v) is 2.40. The van der Waals surface area contributed by atoms with E-state index in [2.05, 4.69) is 18.7 Å². The van der Waals surface area contributed by atoms with E-state index >= 15 is 0 Å². The van der Waals surface area contributed by atoms with Crippen molar-refractivity contribution in [3.63, 3.8) is 0 Å². The van der Waals surface area contributed by atoms with Crippen LogP contribution in [0.4, 0.5) is 0 Å². The van der Waals surface area contributed by atoms with Gasteiger partial charge in [-0.3, -0.25) is 4.90 Å². The smallest absolute Gasteiger partial charge is 0.0602 e. The molecule has 0 aromatic rings. The number of hydrogen-bond acceptors (Lipinski definition) is 2. The number of likely N-dealkylation sites (tertiary alicyclic amines) is 1. The Morgan fingerprint density at radius 3 is 2.79 bits per heavy atom. The maximum Gasteiger partial charge on any atom is 0.0602 e. The van der Waals surface area contributed by atoms with E-state index in [4.69, 9.17) is 16.3 Å². The number of alkyl halides is 1. The maximum absolute atomic E-state index is 5.54. The summed E-state index contributed by atoms with van der Waals surface area (Å²) in [6, 6.07) is 1.52. The summed E-state index contributed by atoms with van der Waals surface area (Å²) < 4.78 is 5.41. The molecular weight excluding hydrogens is 198 g/mol. The van der Waals surface area contributed by atoms with Gasteiger partial charge in [-0.15, -0.1) is 11.6 Å². The van der Waals surface area contributed by atoms with Crippen LogP contribution in [0.1, 0.15) is 33.1 Å². The molecule has 0 saturated carbocycles. The van der Waals surface area contributed by atoms with Crippen molar-refractivity contribution in [2.24, 2.45) is 0 Å². The first-order valence-electron chi connectivity index (χ1n) is 5.69. The monoisotopic (exact) mass is 219 g/mol. The Morgan fingerprint density at radius 1 is 1.36 bits per heavy atom. The first-order valence-corrected chi connectivity index (χ1v) is 6.22. The minimum Gasteiger partial charge on any atom is -0.379 e. The van der Waals surface area contributed by atoms with Crippen LogP contribution in [0.5, 0.6) is 0 Å². The van der Waals surface area contributed by atoms with Gasteiger partial charge in [0, 0.05) is 24.5 Å². The van der Waals surface area contributed by atoms with Crippen molar-refractivity contribution in [3.8, 4) is 0 Å². The second-order valence-corrected chi connectivity index (χ2v) is 4.41. The van der Waals surface area contributed by atoms with Gasteiger partial charge in [0.2, 0.25) is 0 Å². The molecule has 1 rings (SSSR count). The van der Waals surface area contributed by atoms with Crippen LogP contribution in [-0.2, 0) is 4.74 Å². The maximum atomic E-state index is 5.54. The fraction of sp³-hybridized carbons (Fsp3) is 1.00. The zero-order valence-corrected chi connectivity index (χ0v) is 10.1. The number of halogens is 1. The number of ether oxygens (including phenoxy) is 1. The molecule has 0 aromatic heterocycles. The summed E-state index contributed by atoms with van der Waals surface area (Å²) >= 11 is 5.54. The minimum absolute atomic E-state index is 0.604. The Hall–Kier alpha value is 0.210. The van der Waals surface area contributed by atoms with Gasteiger partial charge >= 0.3 is 0 Å². The predicted molar refractivity (Wildman–Crippen MR) is 61.0 cm³/mol. The molecule has 2 unspecified atom stereocenters. The number of rotatable bonds is 6. The Morgan fingerprint density at radius 2 is 2.14 bits per heavy atom. The molecule has 1 aliphatic heterocycles. The second-order valence-electron chi connectivity index (χ2n) is 4.03. The lowest BCUT2D eigenvalue weighted by molar-refractivity contribution is 0.0945. The van der Waals surface area contributed by atoms with Crippen LogP contribution in [-0.4, -0.2) is 42.6 Å². The highest BCUT2D eigenvalue weighted by Gasteiger charge is 2.28. The van der Waals surface area contributed by atoms with Gasteiger partial charge in [-0.25, -0.2) is 0 Å². The van der Waals surface area contributed by atoms with Gasteiger partial charge in [0.1, 0.15) is 0 Å². The average molecular weight is 220 g/mol. The van der Waals surface area contributed by atoms with Crippen LogP contribution >= 0.6 is 11.6 Å². The molecule has 1 aliphatic rings. The number of hydrogen-bond donors (Lipinski definition) is 0. The molecular formula is C11H22ClNO. The zero-order valence-electron chi connectivity index (χ0n) is 9.34. The van der Waals surface area contributed by atoms with E-state index in [1.54, 1.807) is 0 Å². The van der Waals surface area contributed by atoms with Gasteiger partial charge in [-0.1, -0.05) is 6.92 Å². The Labute approximate surface area is 92.6 Å². The summed E-state index contributed by atoms with van der Waals surface area (Å²) in [5.41, 5.74) is 0. The topological polar surface area (TPSA) is 12.5 Å². The van der Waals surface area contributed by atoms with Crippen molar-refractivity contribution in [1.29, 1.82) is 0 Å². The summed E-state index contributed by atoms with van der Waals surface area (Å²) in [5.74, 6) is 0.604. The van der Waals surface area contributed by atoms with Crippen LogP contribution in [0.2, 0.25) is 0 Å². The summed E-state index contributed by atoms with van der Waals surface area (Å²) in [6.45, 7) is 7.16. The molecule has 1 heterocycles. The highest BCUT2D eigenvalue weighted by Crippen LogP contribution is 2.25. The van der Waals surface area contributed by atoms with Crippen molar-refractivity contribution < 1.29 is 4.74 Å². The lowest BCUT2D eigenvalue weighted by Gasteiger charge is -2.27. The molecule has 0 bridgehead atoms. The Bertz CT molecular complexity index is 154. The quantitative estimate of drug-likeness (QED) is 0.503. The highest BCUT2D eigenvalue weighted by atomic mass is 35.5. The molecule has 0 amide bonds. The third-order valence-corrected chi connectivity index (χ3v) is 3.29. The van der Waals surface area contributed by atoms with Gasteiger partial charge in [-0.05, 0) is 26.2 Å². The predicted octanol–water partition coefficient (Wildman–Crippen LogP) is 2.50. The lowest BCUT2D eigenvalue weighted by atomic mass is 10.2. The third-order valence-electron chi connectivity index (χ3n) is 3.14. The molecule has 1 saturated heterocycles. The van der Waals surface area contributed by atoms with Gasteiger partial charge in [-0.2, -0.15) is 0 Å². The van der Waals surface area contributed by atoms with E-state index in [9.17, 15) is 0 Å². The fourth-order valence-electron chi connectivity index (χ4n) is 2.29. The molecule has 2 nitrogen and oxygen atoms in total. The van der Waals surface area contributed by atoms with E-state index in [1.165, 1.54) is 19.3 Å². The van der Waals surface area contributed by atoms with Crippen LogP contribution in [0.15, 0.2) is 0 Å². The van der Waals surface area contributed by atoms with Crippen LogP contribution in [0.25, 0.3) is 0 Å². The Kier molecular flexibility index (Phi) is 5.83. The SMILES string of the molecule is CCC1CCC(C)N1CCOCCCl. The first kappa shape index (κ1) is 12.3. The van der Waals surface area contributed by atoms with Gasteiger partial charge in [0.15, 0.2) is 0 Å². The summed E-state index contributed by atoms with van der Waals surface area (Å²) in [4.78, 5) is 2.58. The summed E-state index contributed by atoms with van der Waals surface area (Å²) in [5, 5.41) is 0. The van der Waals surface area contributed by atoms with E-state index in [0.29, 0.717) is 12.5 Å². The molecule has 0 radical (unpaired) electrons. The molecule has 2 atom stereocenters. The first-order chi connectivity index (χ1) is 6.79. The Balaban J connectivity index is 2.19. The van der Waals surface area contributed by atoms with E-state index in [0.717, 1.165) is 25.2 Å². The van der Waals surface area contributed by atoms with Gasteiger partial charge < -0.3 is 4.74 Å². The summed E-state index contributed by atoms with van der Waals surface area (Å²) in [7, 11) is 0. The molecule has 0 aliphatic carbocycles. The molecule has 84 valence electrons. The molecule has 14 heavy (non-hydrogen) atoms. The van der Waals surface area contributed by atoms with E-state index in [-0.39, 0.29) is 0 Å². The highest BCUT2D eigenvalue weighted by molar-refractivity contribution is 6.17. The molecule has 0 aromatic carbocycles.